The maximum atomic E-state index is 5.45. The molecule has 4 heterocycles. The van der Waals surface area contributed by atoms with Crippen molar-refractivity contribution in [1.29, 1.82) is 0 Å². The normalized spacial score (nSPS) is 22.8. The van der Waals surface area contributed by atoms with E-state index in [-0.39, 0.29) is 0 Å². The van der Waals surface area contributed by atoms with Gasteiger partial charge < -0.3 is 29.4 Å². The van der Waals surface area contributed by atoms with Crippen molar-refractivity contribution in [2.24, 2.45) is 9.98 Å². The maximum Gasteiger partial charge on any atom is 0.201 e. The molecule has 0 bridgehead atoms. The molecule has 4 aliphatic heterocycles. The average Bonchev–Trinajstić information content (AvgIpc) is 3.67. The molecule has 0 spiro atoms. The lowest BCUT2D eigenvalue weighted by atomic mass is 10.1. The standard InChI is InChI=1S/C30H44N8/c1-33-17-21-37(22-18-33)29(35-13-3-4-14-35)31-26-11-7-9-25-10-8-12-27(28(25)26)32-30(36-15-5-6-16-36)38-23-19-34(2)20-24-38/h7-12H,3-6,13-24H2,1-2H3. The monoisotopic (exact) mass is 516 g/mol. The Bertz CT molecular complexity index is 1060. The van der Waals surface area contributed by atoms with Crippen molar-refractivity contribution in [3.05, 3.63) is 36.4 Å². The molecule has 0 radical (unpaired) electrons. The van der Waals surface area contributed by atoms with Crippen LogP contribution in [0.1, 0.15) is 25.7 Å². The Morgan fingerprint density at radius 1 is 0.500 bits per heavy atom. The highest BCUT2D eigenvalue weighted by Crippen LogP contribution is 2.36. The van der Waals surface area contributed by atoms with Crippen LogP contribution in [0.3, 0.4) is 0 Å². The number of rotatable bonds is 2. The molecule has 0 saturated carbocycles. The number of likely N-dealkylation sites (tertiary alicyclic amines) is 2. The first kappa shape index (κ1) is 25.4. The Morgan fingerprint density at radius 2 is 0.868 bits per heavy atom. The molecule has 8 nitrogen and oxygen atoms in total. The molecule has 4 fully saturated rings. The lowest BCUT2D eigenvalue weighted by molar-refractivity contribution is 0.200. The highest BCUT2D eigenvalue weighted by atomic mass is 15.4. The zero-order valence-corrected chi connectivity index (χ0v) is 23.4. The van der Waals surface area contributed by atoms with E-state index < -0.39 is 0 Å². The lowest BCUT2D eigenvalue weighted by Gasteiger charge is -2.38. The first-order valence-corrected chi connectivity index (χ1v) is 14.7. The number of guanidine groups is 2. The van der Waals surface area contributed by atoms with Crippen LogP contribution in [0.25, 0.3) is 10.8 Å². The van der Waals surface area contributed by atoms with Gasteiger partial charge in [-0.3, -0.25) is 0 Å². The van der Waals surface area contributed by atoms with E-state index in [0.29, 0.717) is 0 Å². The van der Waals surface area contributed by atoms with Gasteiger partial charge in [-0.15, -0.1) is 0 Å². The maximum absolute atomic E-state index is 5.45. The number of aliphatic imine (C=N–C) groups is 2. The van der Waals surface area contributed by atoms with Gasteiger partial charge in [-0.05, 0) is 57.3 Å². The second kappa shape index (κ2) is 11.5. The Morgan fingerprint density at radius 3 is 1.26 bits per heavy atom. The molecular weight excluding hydrogens is 472 g/mol. The van der Waals surface area contributed by atoms with Crippen LogP contribution in [0, 0.1) is 0 Å². The van der Waals surface area contributed by atoms with Gasteiger partial charge in [0.1, 0.15) is 0 Å². The molecule has 8 heteroatoms. The van der Waals surface area contributed by atoms with Gasteiger partial charge in [0.2, 0.25) is 11.9 Å². The fourth-order valence-electron chi connectivity index (χ4n) is 6.23. The third-order valence-corrected chi connectivity index (χ3v) is 8.65. The van der Waals surface area contributed by atoms with Gasteiger partial charge in [-0.1, -0.05) is 24.3 Å². The van der Waals surface area contributed by atoms with Gasteiger partial charge in [0, 0.05) is 83.9 Å². The predicted octanol–water partition coefficient (Wildman–Crippen LogP) is 3.50. The SMILES string of the molecule is CN1CCN(C(=Nc2cccc3cccc(N=C(N4CCCC4)N4CCN(C)CC4)c23)N2CCCC2)CC1. The predicted molar refractivity (Wildman–Crippen MR) is 158 cm³/mol. The number of hydrogen-bond donors (Lipinski definition) is 0. The minimum Gasteiger partial charge on any atom is -0.343 e. The molecule has 0 N–H and O–H groups in total. The summed E-state index contributed by atoms with van der Waals surface area (Å²) < 4.78 is 0. The zero-order valence-electron chi connectivity index (χ0n) is 23.4. The van der Waals surface area contributed by atoms with Crippen LogP contribution in [0.5, 0.6) is 0 Å². The number of hydrogen-bond acceptors (Lipinski definition) is 4. The van der Waals surface area contributed by atoms with E-state index in [2.05, 4.69) is 79.9 Å². The summed E-state index contributed by atoms with van der Waals surface area (Å²) in [6.07, 6.45) is 5.01. The molecule has 4 saturated heterocycles. The van der Waals surface area contributed by atoms with Crippen molar-refractivity contribution in [3.63, 3.8) is 0 Å². The van der Waals surface area contributed by atoms with Gasteiger partial charge in [-0.2, -0.15) is 0 Å². The van der Waals surface area contributed by atoms with Crippen molar-refractivity contribution in [2.45, 2.75) is 25.7 Å². The summed E-state index contributed by atoms with van der Waals surface area (Å²) in [6, 6.07) is 13.1. The van der Waals surface area contributed by atoms with Crippen LogP contribution in [-0.4, -0.2) is 134 Å². The Hall–Kier alpha value is -2.84. The summed E-state index contributed by atoms with van der Waals surface area (Å²) in [7, 11) is 4.44. The molecule has 0 aliphatic carbocycles. The third kappa shape index (κ3) is 5.47. The Balaban J connectivity index is 1.42. The van der Waals surface area contributed by atoms with Crippen LogP contribution in [0.4, 0.5) is 11.4 Å². The van der Waals surface area contributed by atoms with E-state index in [1.54, 1.807) is 0 Å². The first-order chi connectivity index (χ1) is 18.7. The summed E-state index contributed by atoms with van der Waals surface area (Å²) in [5.41, 5.74) is 2.09. The third-order valence-electron chi connectivity index (χ3n) is 8.65. The summed E-state index contributed by atoms with van der Waals surface area (Å²) in [5, 5.41) is 2.39. The Kier molecular flexibility index (Phi) is 7.70. The van der Waals surface area contributed by atoms with Crippen molar-refractivity contribution >= 4 is 34.1 Å². The second-order valence-corrected chi connectivity index (χ2v) is 11.4. The molecule has 204 valence electrons. The molecule has 0 atom stereocenters. The van der Waals surface area contributed by atoms with E-state index in [1.807, 2.05) is 0 Å². The van der Waals surface area contributed by atoms with Gasteiger partial charge in [-0.25, -0.2) is 9.98 Å². The minimum atomic E-state index is 1.03. The fraction of sp³-hybridized carbons (Fsp3) is 0.600. The van der Waals surface area contributed by atoms with Gasteiger partial charge >= 0.3 is 0 Å². The number of nitrogens with zero attached hydrogens (tertiary/aromatic N) is 8. The van der Waals surface area contributed by atoms with Crippen molar-refractivity contribution < 1.29 is 0 Å². The summed E-state index contributed by atoms with van der Waals surface area (Å²) in [5.74, 6) is 2.31. The van der Waals surface area contributed by atoms with Crippen LogP contribution < -0.4 is 0 Å². The zero-order chi connectivity index (χ0) is 25.9. The number of piperazine rings is 2. The number of fused-ring (bicyclic) bond motifs is 1. The largest absolute Gasteiger partial charge is 0.343 e. The van der Waals surface area contributed by atoms with Gasteiger partial charge in [0.25, 0.3) is 0 Å². The molecule has 38 heavy (non-hydrogen) atoms. The second-order valence-electron chi connectivity index (χ2n) is 11.4. The fourth-order valence-corrected chi connectivity index (χ4v) is 6.23. The van der Waals surface area contributed by atoms with Gasteiger partial charge in [0.05, 0.1) is 11.4 Å². The molecule has 6 rings (SSSR count). The highest BCUT2D eigenvalue weighted by Gasteiger charge is 2.27. The van der Waals surface area contributed by atoms with Crippen LogP contribution in [0.2, 0.25) is 0 Å². The van der Waals surface area contributed by atoms with E-state index in [9.17, 15) is 0 Å². The lowest BCUT2D eigenvalue weighted by Crippen LogP contribution is -2.52. The van der Waals surface area contributed by atoms with E-state index in [1.165, 1.54) is 36.5 Å². The van der Waals surface area contributed by atoms with E-state index in [4.69, 9.17) is 9.98 Å². The molecule has 0 amide bonds. The van der Waals surface area contributed by atoms with Crippen molar-refractivity contribution in [1.82, 2.24) is 29.4 Å². The van der Waals surface area contributed by atoms with Crippen LogP contribution >= 0.6 is 0 Å². The molecule has 4 aliphatic rings. The van der Waals surface area contributed by atoms with E-state index in [0.717, 1.165) is 102 Å². The van der Waals surface area contributed by atoms with Crippen LogP contribution in [-0.2, 0) is 0 Å². The quantitative estimate of drug-likeness (QED) is 0.450. The average molecular weight is 517 g/mol. The minimum absolute atomic E-state index is 1.03. The van der Waals surface area contributed by atoms with Crippen molar-refractivity contribution in [3.8, 4) is 0 Å². The highest BCUT2D eigenvalue weighted by molar-refractivity contribution is 6.04. The van der Waals surface area contributed by atoms with E-state index >= 15 is 0 Å². The topological polar surface area (TPSA) is 44.2 Å². The summed E-state index contributed by atoms with van der Waals surface area (Å²) in [6.45, 7) is 12.9. The molecule has 2 aromatic rings. The smallest absolute Gasteiger partial charge is 0.201 e. The number of likely N-dealkylation sites (N-methyl/N-ethyl adjacent to an activating group) is 2. The van der Waals surface area contributed by atoms with Crippen LogP contribution in [0.15, 0.2) is 46.4 Å². The molecular formula is C30H44N8. The van der Waals surface area contributed by atoms with Crippen molar-refractivity contribution in [2.75, 3.05) is 92.6 Å². The number of benzene rings is 2. The summed E-state index contributed by atoms with van der Waals surface area (Å²) in [4.78, 5) is 25.8. The molecule has 2 aromatic carbocycles. The first-order valence-electron chi connectivity index (χ1n) is 14.7. The summed E-state index contributed by atoms with van der Waals surface area (Å²) >= 11 is 0. The molecule has 0 aromatic heterocycles. The molecule has 0 unspecified atom stereocenters. The van der Waals surface area contributed by atoms with Gasteiger partial charge in [0.15, 0.2) is 0 Å². The Labute approximate surface area is 228 Å².